The lowest BCUT2D eigenvalue weighted by Crippen LogP contribution is -2.30. The van der Waals surface area contributed by atoms with Gasteiger partial charge in [-0.05, 0) is 13.8 Å². The number of aromatic nitrogens is 2. The van der Waals surface area contributed by atoms with Crippen LogP contribution in [0.5, 0.6) is 0 Å². The topological polar surface area (TPSA) is 46.9 Å². The normalized spacial score (nSPS) is 10.4. The van der Waals surface area contributed by atoms with Crippen LogP contribution in [-0.4, -0.2) is 21.5 Å². The van der Waals surface area contributed by atoms with E-state index < -0.39 is 0 Å². The molecule has 0 fully saturated rings. The maximum Gasteiger partial charge on any atom is 0.221 e. The SMILES string of the molecule is CC(C)NC(=O)CCn1ccnc1. The quantitative estimate of drug-likeness (QED) is 0.746. The van der Waals surface area contributed by atoms with Crippen LogP contribution in [0.3, 0.4) is 0 Å². The lowest BCUT2D eigenvalue weighted by atomic mass is 10.3. The van der Waals surface area contributed by atoms with Gasteiger partial charge in [-0.1, -0.05) is 0 Å². The molecule has 1 rings (SSSR count). The average molecular weight is 181 g/mol. The van der Waals surface area contributed by atoms with Gasteiger partial charge in [-0.2, -0.15) is 0 Å². The highest BCUT2D eigenvalue weighted by Gasteiger charge is 2.02. The number of hydrogen-bond acceptors (Lipinski definition) is 2. The molecule has 13 heavy (non-hydrogen) atoms. The number of amides is 1. The highest BCUT2D eigenvalue weighted by Crippen LogP contribution is 1.91. The molecule has 0 saturated carbocycles. The first-order valence-corrected chi connectivity index (χ1v) is 4.43. The maximum absolute atomic E-state index is 11.2. The fourth-order valence-electron chi connectivity index (χ4n) is 1.04. The van der Waals surface area contributed by atoms with Crippen molar-refractivity contribution < 1.29 is 4.79 Å². The second kappa shape index (κ2) is 4.64. The van der Waals surface area contributed by atoms with Gasteiger partial charge in [-0.15, -0.1) is 0 Å². The van der Waals surface area contributed by atoms with E-state index in [4.69, 9.17) is 0 Å². The third-order valence-electron chi connectivity index (χ3n) is 1.61. The fourth-order valence-corrected chi connectivity index (χ4v) is 1.04. The molecule has 0 aromatic carbocycles. The molecule has 0 aliphatic rings. The number of imidazole rings is 1. The van der Waals surface area contributed by atoms with E-state index in [1.807, 2.05) is 24.6 Å². The van der Waals surface area contributed by atoms with Gasteiger partial charge in [0.1, 0.15) is 0 Å². The Labute approximate surface area is 78.0 Å². The van der Waals surface area contributed by atoms with E-state index in [1.54, 1.807) is 12.5 Å². The molecule has 0 aliphatic heterocycles. The molecule has 0 bridgehead atoms. The second-order valence-corrected chi connectivity index (χ2v) is 3.27. The molecule has 0 radical (unpaired) electrons. The Bertz CT molecular complexity index is 254. The van der Waals surface area contributed by atoms with E-state index >= 15 is 0 Å². The molecule has 1 amide bonds. The van der Waals surface area contributed by atoms with Crippen LogP contribution in [-0.2, 0) is 11.3 Å². The van der Waals surface area contributed by atoms with Crippen LogP contribution < -0.4 is 5.32 Å². The van der Waals surface area contributed by atoms with Gasteiger partial charge in [0.2, 0.25) is 5.91 Å². The smallest absolute Gasteiger partial charge is 0.221 e. The first kappa shape index (κ1) is 9.77. The number of nitrogens with one attached hydrogen (secondary N) is 1. The van der Waals surface area contributed by atoms with Gasteiger partial charge >= 0.3 is 0 Å². The van der Waals surface area contributed by atoms with Gasteiger partial charge in [0, 0.05) is 31.4 Å². The highest BCUT2D eigenvalue weighted by molar-refractivity contribution is 5.76. The molecule has 0 spiro atoms. The van der Waals surface area contributed by atoms with E-state index in [9.17, 15) is 4.79 Å². The summed E-state index contributed by atoms with van der Waals surface area (Å²) >= 11 is 0. The number of nitrogens with zero attached hydrogens (tertiary/aromatic N) is 2. The lowest BCUT2D eigenvalue weighted by molar-refractivity contribution is -0.121. The molecule has 72 valence electrons. The zero-order chi connectivity index (χ0) is 9.68. The Morgan fingerprint density at radius 3 is 2.92 bits per heavy atom. The van der Waals surface area contributed by atoms with E-state index in [-0.39, 0.29) is 11.9 Å². The minimum Gasteiger partial charge on any atom is -0.354 e. The molecule has 0 unspecified atom stereocenters. The summed E-state index contributed by atoms with van der Waals surface area (Å²) in [6.07, 6.45) is 5.78. The van der Waals surface area contributed by atoms with E-state index in [0.29, 0.717) is 13.0 Å². The number of carbonyl (C=O) groups excluding carboxylic acids is 1. The fraction of sp³-hybridized carbons (Fsp3) is 0.556. The molecule has 4 heteroatoms. The molecule has 1 heterocycles. The molecular weight excluding hydrogens is 166 g/mol. The minimum atomic E-state index is 0.0868. The summed E-state index contributed by atoms with van der Waals surface area (Å²) in [5.41, 5.74) is 0. The van der Waals surface area contributed by atoms with Crippen LogP contribution in [0.2, 0.25) is 0 Å². The van der Waals surface area contributed by atoms with Crippen molar-refractivity contribution in [2.45, 2.75) is 32.9 Å². The molecule has 0 aliphatic carbocycles. The van der Waals surface area contributed by atoms with Gasteiger partial charge in [0.05, 0.1) is 6.33 Å². The van der Waals surface area contributed by atoms with Gasteiger partial charge in [0.25, 0.3) is 0 Å². The first-order valence-electron chi connectivity index (χ1n) is 4.43. The van der Waals surface area contributed by atoms with Crippen LogP contribution in [0.25, 0.3) is 0 Å². The van der Waals surface area contributed by atoms with Gasteiger partial charge < -0.3 is 9.88 Å². The molecule has 0 saturated heterocycles. The molecule has 1 N–H and O–H groups in total. The summed E-state index contributed by atoms with van der Waals surface area (Å²) < 4.78 is 1.89. The summed E-state index contributed by atoms with van der Waals surface area (Å²) in [7, 11) is 0. The Kier molecular flexibility index (Phi) is 3.49. The zero-order valence-electron chi connectivity index (χ0n) is 8.03. The first-order chi connectivity index (χ1) is 6.18. The highest BCUT2D eigenvalue weighted by atomic mass is 16.1. The second-order valence-electron chi connectivity index (χ2n) is 3.27. The summed E-state index contributed by atoms with van der Waals surface area (Å²) in [4.78, 5) is 15.1. The van der Waals surface area contributed by atoms with Crippen LogP contribution in [0.15, 0.2) is 18.7 Å². The molecular formula is C9H15N3O. The molecule has 1 aromatic heterocycles. The largest absolute Gasteiger partial charge is 0.354 e. The third-order valence-corrected chi connectivity index (χ3v) is 1.61. The Morgan fingerprint density at radius 1 is 1.62 bits per heavy atom. The summed E-state index contributed by atoms with van der Waals surface area (Å²) in [6.45, 7) is 4.60. The van der Waals surface area contributed by atoms with E-state index in [2.05, 4.69) is 10.3 Å². The van der Waals surface area contributed by atoms with Crippen molar-refractivity contribution in [1.29, 1.82) is 0 Å². The lowest BCUT2D eigenvalue weighted by Gasteiger charge is -2.07. The van der Waals surface area contributed by atoms with Gasteiger partial charge in [-0.25, -0.2) is 4.98 Å². The van der Waals surface area contributed by atoms with Crippen LogP contribution in [0.1, 0.15) is 20.3 Å². The van der Waals surface area contributed by atoms with Crippen molar-refractivity contribution in [1.82, 2.24) is 14.9 Å². The van der Waals surface area contributed by atoms with E-state index in [0.717, 1.165) is 0 Å². The van der Waals surface area contributed by atoms with Crippen molar-refractivity contribution >= 4 is 5.91 Å². The van der Waals surface area contributed by atoms with Crippen molar-refractivity contribution in [3.05, 3.63) is 18.7 Å². The number of rotatable bonds is 4. The van der Waals surface area contributed by atoms with Crippen molar-refractivity contribution in [2.24, 2.45) is 0 Å². The predicted molar refractivity (Wildman–Crippen MR) is 50.1 cm³/mol. The van der Waals surface area contributed by atoms with Crippen molar-refractivity contribution in [3.63, 3.8) is 0 Å². The van der Waals surface area contributed by atoms with Crippen LogP contribution >= 0.6 is 0 Å². The standard InChI is InChI=1S/C9H15N3O/c1-8(2)11-9(13)3-5-12-6-4-10-7-12/h4,6-8H,3,5H2,1-2H3,(H,11,13). The van der Waals surface area contributed by atoms with Gasteiger partial charge in [-0.3, -0.25) is 4.79 Å². The van der Waals surface area contributed by atoms with Crippen molar-refractivity contribution in [3.8, 4) is 0 Å². The molecule has 4 nitrogen and oxygen atoms in total. The summed E-state index contributed by atoms with van der Waals surface area (Å²) in [5.74, 6) is 0.0868. The third kappa shape index (κ3) is 3.73. The Morgan fingerprint density at radius 2 is 2.38 bits per heavy atom. The number of carbonyl (C=O) groups is 1. The monoisotopic (exact) mass is 181 g/mol. The number of hydrogen-bond donors (Lipinski definition) is 1. The van der Waals surface area contributed by atoms with Gasteiger partial charge in [0.15, 0.2) is 0 Å². The summed E-state index contributed by atoms with van der Waals surface area (Å²) in [6, 6.07) is 0.218. The number of aryl methyl sites for hydroxylation is 1. The average Bonchev–Trinajstić information content (AvgIpc) is 2.51. The zero-order valence-corrected chi connectivity index (χ0v) is 8.03. The van der Waals surface area contributed by atoms with Crippen LogP contribution in [0.4, 0.5) is 0 Å². The Hall–Kier alpha value is -1.32. The summed E-state index contributed by atoms with van der Waals surface area (Å²) in [5, 5.41) is 2.83. The minimum absolute atomic E-state index is 0.0868. The van der Waals surface area contributed by atoms with Crippen molar-refractivity contribution in [2.75, 3.05) is 0 Å². The predicted octanol–water partition coefficient (Wildman–Crippen LogP) is 0.798. The molecule has 1 aromatic rings. The van der Waals surface area contributed by atoms with Crippen LogP contribution in [0, 0.1) is 0 Å². The molecule has 0 atom stereocenters. The maximum atomic E-state index is 11.2. The van der Waals surface area contributed by atoms with E-state index in [1.165, 1.54) is 0 Å². The Balaban J connectivity index is 2.23.